The predicted octanol–water partition coefficient (Wildman–Crippen LogP) is 2.96. The zero-order valence-electron chi connectivity index (χ0n) is 10.6. The Labute approximate surface area is 125 Å². The average Bonchev–Trinajstić information content (AvgIpc) is 2.74. The summed E-state index contributed by atoms with van der Waals surface area (Å²) >= 11 is 8.88. The molecule has 1 N–H and O–H groups in total. The molecule has 1 heterocycles. The first-order chi connectivity index (χ1) is 8.99. The summed E-state index contributed by atoms with van der Waals surface area (Å²) < 4.78 is 0.757. The quantitative estimate of drug-likeness (QED) is 0.799. The van der Waals surface area contributed by atoms with Crippen molar-refractivity contribution >= 4 is 46.6 Å². The van der Waals surface area contributed by atoms with Crippen molar-refractivity contribution in [2.45, 2.75) is 18.6 Å². The van der Waals surface area contributed by atoms with Gasteiger partial charge in [0.1, 0.15) is 0 Å². The van der Waals surface area contributed by atoms with Gasteiger partial charge >= 0.3 is 5.97 Å². The van der Waals surface area contributed by atoms with Crippen LogP contribution in [-0.4, -0.2) is 41.2 Å². The molecule has 7 heteroatoms. The van der Waals surface area contributed by atoms with Crippen molar-refractivity contribution in [3.05, 3.63) is 21.3 Å². The lowest BCUT2D eigenvalue weighted by Gasteiger charge is -2.16. The Hall–Kier alpha value is -0.720. The van der Waals surface area contributed by atoms with E-state index in [4.69, 9.17) is 16.7 Å². The lowest BCUT2D eigenvalue weighted by atomic mass is 10.3. The van der Waals surface area contributed by atoms with Gasteiger partial charge in [-0.3, -0.25) is 9.59 Å². The summed E-state index contributed by atoms with van der Waals surface area (Å²) in [5.41, 5.74) is 0. The minimum absolute atomic E-state index is 0.0260. The topological polar surface area (TPSA) is 57.6 Å². The van der Waals surface area contributed by atoms with Crippen molar-refractivity contribution in [2.75, 3.05) is 19.3 Å². The number of thioether (sulfide) groups is 1. The van der Waals surface area contributed by atoms with Gasteiger partial charge < -0.3 is 10.0 Å². The fourth-order valence-corrected chi connectivity index (χ4v) is 3.53. The molecule has 0 bridgehead atoms. The van der Waals surface area contributed by atoms with Crippen LogP contribution < -0.4 is 0 Å². The highest BCUT2D eigenvalue weighted by atomic mass is 35.5. The molecule has 0 aliphatic carbocycles. The molecule has 1 aromatic heterocycles. The van der Waals surface area contributed by atoms with E-state index in [0.29, 0.717) is 18.7 Å². The first-order valence-electron chi connectivity index (χ1n) is 5.76. The molecule has 0 radical (unpaired) electrons. The van der Waals surface area contributed by atoms with Gasteiger partial charge in [0.05, 0.1) is 10.1 Å². The maximum atomic E-state index is 11.7. The zero-order chi connectivity index (χ0) is 14.3. The third-order valence-corrected chi connectivity index (χ3v) is 4.79. The van der Waals surface area contributed by atoms with E-state index in [0.717, 1.165) is 15.0 Å². The van der Waals surface area contributed by atoms with Gasteiger partial charge in [0.15, 0.2) is 0 Å². The molecule has 106 valence electrons. The summed E-state index contributed by atoms with van der Waals surface area (Å²) in [6.45, 7) is 0.483. The van der Waals surface area contributed by atoms with Gasteiger partial charge in [-0.15, -0.1) is 23.1 Å². The van der Waals surface area contributed by atoms with E-state index in [2.05, 4.69) is 0 Å². The van der Waals surface area contributed by atoms with Crippen LogP contribution in [0.5, 0.6) is 0 Å². The average molecular weight is 322 g/mol. The largest absolute Gasteiger partial charge is 0.481 e. The molecule has 0 saturated carbocycles. The van der Waals surface area contributed by atoms with Gasteiger partial charge in [0, 0.05) is 30.6 Å². The first-order valence-corrected chi connectivity index (χ1v) is 8.11. The molecule has 0 aliphatic rings. The molecule has 0 atom stereocenters. The lowest BCUT2D eigenvalue weighted by Crippen LogP contribution is -2.29. The molecule has 0 spiro atoms. The molecule has 0 saturated heterocycles. The second-order valence-electron chi connectivity index (χ2n) is 4.01. The van der Waals surface area contributed by atoms with E-state index in [1.807, 2.05) is 12.1 Å². The van der Waals surface area contributed by atoms with Gasteiger partial charge in [0.25, 0.3) is 0 Å². The first kappa shape index (κ1) is 16.3. The maximum absolute atomic E-state index is 11.7. The van der Waals surface area contributed by atoms with Crippen LogP contribution >= 0.6 is 34.7 Å². The smallest absolute Gasteiger partial charge is 0.303 e. The van der Waals surface area contributed by atoms with E-state index < -0.39 is 5.97 Å². The SMILES string of the molecule is CN(CCCC(=O)O)C(=O)CSCc1ccc(Cl)s1. The van der Waals surface area contributed by atoms with Crippen LogP contribution in [0, 0.1) is 0 Å². The van der Waals surface area contributed by atoms with Gasteiger partial charge in [-0.2, -0.15) is 0 Å². The van der Waals surface area contributed by atoms with Crippen LogP contribution in [0.3, 0.4) is 0 Å². The fraction of sp³-hybridized carbons (Fsp3) is 0.500. The number of aliphatic carboxylic acids is 1. The summed E-state index contributed by atoms with van der Waals surface area (Å²) in [4.78, 5) is 24.8. The van der Waals surface area contributed by atoms with Crippen LogP contribution in [0.15, 0.2) is 12.1 Å². The molecule has 19 heavy (non-hydrogen) atoms. The Morgan fingerprint density at radius 1 is 1.47 bits per heavy atom. The number of carboxylic acid groups (broad SMARTS) is 1. The highest BCUT2D eigenvalue weighted by Gasteiger charge is 2.09. The van der Waals surface area contributed by atoms with Crippen LogP contribution in [0.2, 0.25) is 4.34 Å². The Bertz CT molecular complexity index is 436. The number of carbonyl (C=O) groups is 2. The third kappa shape index (κ3) is 6.84. The van der Waals surface area contributed by atoms with Crippen LogP contribution in [0.1, 0.15) is 17.7 Å². The minimum atomic E-state index is -0.829. The molecule has 0 aromatic carbocycles. The Morgan fingerprint density at radius 2 is 2.21 bits per heavy atom. The van der Waals surface area contributed by atoms with Gasteiger partial charge in [-0.05, 0) is 18.6 Å². The van der Waals surface area contributed by atoms with Gasteiger partial charge in [-0.1, -0.05) is 11.6 Å². The van der Waals surface area contributed by atoms with Crippen molar-refractivity contribution in [3.8, 4) is 0 Å². The summed E-state index contributed by atoms with van der Waals surface area (Å²) in [5.74, 6) is 0.369. The number of carbonyl (C=O) groups excluding carboxylic acids is 1. The Morgan fingerprint density at radius 3 is 2.79 bits per heavy atom. The molecular formula is C12H16ClNO3S2. The number of carboxylic acids is 1. The molecule has 0 fully saturated rings. The van der Waals surface area contributed by atoms with E-state index in [1.165, 1.54) is 11.3 Å². The predicted molar refractivity (Wildman–Crippen MR) is 80.0 cm³/mol. The molecule has 1 amide bonds. The van der Waals surface area contributed by atoms with Crippen molar-refractivity contribution in [1.29, 1.82) is 0 Å². The fourth-order valence-electron chi connectivity index (χ4n) is 1.37. The minimum Gasteiger partial charge on any atom is -0.481 e. The Balaban J connectivity index is 2.17. The Kier molecular flexibility index (Phi) is 7.27. The molecule has 0 unspecified atom stereocenters. The number of thiophene rings is 1. The molecule has 1 aromatic rings. The van der Waals surface area contributed by atoms with Crippen molar-refractivity contribution < 1.29 is 14.7 Å². The molecular weight excluding hydrogens is 306 g/mol. The van der Waals surface area contributed by atoms with E-state index in [1.54, 1.807) is 23.7 Å². The molecule has 1 rings (SSSR count). The third-order valence-electron chi connectivity index (χ3n) is 2.41. The van der Waals surface area contributed by atoms with Crippen molar-refractivity contribution in [2.24, 2.45) is 0 Å². The maximum Gasteiger partial charge on any atom is 0.303 e. The highest BCUT2D eigenvalue weighted by molar-refractivity contribution is 7.99. The highest BCUT2D eigenvalue weighted by Crippen LogP contribution is 2.25. The second-order valence-corrected chi connectivity index (χ2v) is 6.80. The normalized spacial score (nSPS) is 10.4. The molecule has 4 nitrogen and oxygen atoms in total. The summed E-state index contributed by atoms with van der Waals surface area (Å²) in [7, 11) is 1.70. The number of amides is 1. The van der Waals surface area contributed by atoms with Gasteiger partial charge in [0.2, 0.25) is 5.91 Å². The monoisotopic (exact) mass is 321 g/mol. The van der Waals surface area contributed by atoms with Crippen molar-refractivity contribution in [1.82, 2.24) is 4.90 Å². The number of nitrogens with zero attached hydrogens (tertiary/aromatic N) is 1. The van der Waals surface area contributed by atoms with Crippen LogP contribution in [0.4, 0.5) is 0 Å². The standard InChI is InChI=1S/C12H16ClNO3S2/c1-14(6-2-3-12(16)17)11(15)8-18-7-9-4-5-10(13)19-9/h4-5H,2-3,6-8H2,1H3,(H,16,17). The zero-order valence-corrected chi connectivity index (χ0v) is 13.0. The summed E-state index contributed by atoms with van der Waals surface area (Å²) in [6, 6.07) is 3.81. The van der Waals surface area contributed by atoms with Crippen LogP contribution in [0.25, 0.3) is 0 Å². The second kappa shape index (κ2) is 8.45. The van der Waals surface area contributed by atoms with E-state index in [9.17, 15) is 9.59 Å². The summed E-state index contributed by atoms with van der Waals surface area (Å²) in [5, 5.41) is 8.52. The number of halogens is 1. The molecule has 0 aliphatic heterocycles. The van der Waals surface area contributed by atoms with Crippen LogP contribution in [-0.2, 0) is 15.3 Å². The number of hydrogen-bond acceptors (Lipinski definition) is 4. The number of rotatable bonds is 8. The van der Waals surface area contributed by atoms with E-state index >= 15 is 0 Å². The summed E-state index contributed by atoms with van der Waals surface area (Å²) in [6.07, 6.45) is 0.585. The van der Waals surface area contributed by atoms with Crippen molar-refractivity contribution in [3.63, 3.8) is 0 Å². The van der Waals surface area contributed by atoms with E-state index in [-0.39, 0.29) is 12.3 Å². The lowest BCUT2D eigenvalue weighted by molar-refractivity contribution is -0.137. The van der Waals surface area contributed by atoms with Gasteiger partial charge in [-0.25, -0.2) is 0 Å². The number of hydrogen-bond donors (Lipinski definition) is 1.